The molecule has 0 spiro atoms. The summed E-state index contributed by atoms with van der Waals surface area (Å²) < 4.78 is 39.5. The lowest BCUT2D eigenvalue weighted by Crippen LogP contribution is -2.12. The van der Waals surface area contributed by atoms with Crippen molar-refractivity contribution >= 4 is 32.3 Å². The maximum atomic E-state index is 14.3. The quantitative estimate of drug-likeness (QED) is 0.639. The minimum Gasteiger partial charge on any atom is -0.249 e. The number of pyridine rings is 1. The van der Waals surface area contributed by atoms with Crippen LogP contribution in [0.4, 0.5) is 4.39 Å². The molecule has 1 saturated heterocycles. The fourth-order valence-electron chi connectivity index (χ4n) is 3.77. The number of fused-ring (bicyclic) bond motifs is 1. The second-order valence-corrected chi connectivity index (χ2v) is 9.75. The van der Waals surface area contributed by atoms with Crippen molar-refractivity contribution in [3.8, 4) is 11.3 Å². The van der Waals surface area contributed by atoms with Crippen molar-refractivity contribution in [2.24, 2.45) is 0 Å². The second-order valence-electron chi connectivity index (χ2n) is 7.16. The average molecular weight is 408 g/mol. The Hall–Kier alpha value is -1.99. The van der Waals surface area contributed by atoms with Gasteiger partial charge >= 0.3 is 0 Å². The number of halogens is 2. The molecule has 0 amide bonds. The standard InChI is InChI=1S/C19H19ClFN3O2S/c1-10-4-5-14(21)16-11(2)8-15(22-18(10)16)17-12(3)23-24(19(17)20)13-6-7-27(25,26)9-13/h4-5,8,13H,6-7,9H2,1-3H3. The fourth-order valence-corrected chi connectivity index (χ4v) is 5.87. The van der Waals surface area contributed by atoms with Gasteiger partial charge in [-0.1, -0.05) is 17.7 Å². The van der Waals surface area contributed by atoms with Gasteiger partial charge in [-0.15, -0.1) is 0 Å². The van der Waals surface area contributed by atoms with Gasteiger partial charge in [0.05, 0.1) is 40.0 Å². The van der Waals surface area contributed by atoms with Gasteiger partial charge in [0, 0.05) is 5.39 Å². The van der Waals surface area contributed by atoms with Crippen molar-refractivity contribution in [2.45, 2.75) is 33.2 Å². The predicted octanol–water partition coefficient (Wildman–Crippen LogP) is 4.18. The van der Waals surface area contributed by atoms with Gasteiger partial charge in [0.15, 0.2) is 9.84 Å². The highest BCUT2D eigenvalue weighted by atomic mass is 35.5. The monoisotopic (exact) mass is 407 g/mol. The predicted molar refractivity (Wildman–Crippen MR) is 104 cm³/mol. The highest BCUT2D eigenvalue weighted by molar-refractivity contribution is 7.91. The Morgan fingerprint density at radius 1 is 1.22 bits per heavy atom. The Morgan fingerprint density at radius 3 is 2.63 bits per heavy atom. The van der Waals surface area contributed by atoms with Crippen LogP contribution in [0.1, 0.15) is 29.3 Å². The lowest BCUT2D eigenvalue weighted by molar-refractivity contribution is 0.498. The molecule has 0 saturated carbocycles. The molecule has 0 radical (unpaired) electrons. The molecule has 1 aliphatic heterocycles. The highest BCUT2D eigenvalue weighted by Crippen LogP contribution is 2.37. The second kappa shape index (κ2) is 6.27. The first-order valence-electron chi connectivity index (χ1n) is 8.70. The maximum Gasteiger partial charge on any atom is 0.152 e. The van der Waals surface area contributed by atoms with Crippen molar-refractivity contribution < 1.29 is 12.8 Å². The van der Waals surface area contributed by atoms with Crippen LogP contribution in [0.15, 0.2) is 18.2 Å². The lowest BCUT2D eigenvalue weighted by Gasteiger charge is -2.11. The van der Waals surface area contributed by atoms with E-state index in [1.54, 1.807) is 16.8 Å². The van der Waals surface area contributed by atoms with Crippen molar-refractivity contribution in [1.29, 1.82) is 0 Å². The summed E-state index contributed by atoms with van der Waals surface area (Å²) in [7, 11) is -3.05. The maximum absolute atomic E-state index is 14.3. The van der Waals surface area contributed by atoms with Crippen LogP contribution in [0, 0.1) is 26.6 Å². The van der Waals surface area contributed by atoms with Crippen LogP contribution in [0.2, 0.25) is 5.15 Å². The van der Waals surface area contributed by atoms with Gasteiger partial charge in [-0.2, -0.15) is 5.10 Å². The molecule has 3 heterocycles. The normalized spacial score (nSPS) is 19.1. The van der Waals surface area contributed by atoms with E-state index in [2.05, 4.69) is 10.1 Å². The minimum atomic E-state index is -3.05. The van der Waals surface area contributed by atoms with Crippen LogP contribution in [-0.2, 0) is 9.84 Å². The van der Waals surface area contributed by atoms with Gasteiger partial charge in [-0.05, 0) is 50.5 Å². The largest absolute Gasteiger partial charge is 0.249 e. The van der Waals surface area contributed by atoms with Crippen molar-refractivity contribution in [1.82, 2.24) is 14.8 Å². The molecule has 1 aliphatic rings. The highest BCUT2D eigenvalue weighted by Gasteiger charge is 2.32. The van der Waals surface area contributed by atoms with Gasteiger partial charge in [0.1, 0.15) is 11.0 Å². The molecule has 0 bridgehead atoms. The lowest BCUT2D eigenvalue weighted by atomic mass is 10.0. The summed E-state index contributed by atoms with van der Waals surface area (Å²) in [6.45, 7) is 5.55. The van der Waals surface area contributed by atoms with E-state index in [0.717, 1.165) is 11.1 Å². The van der Waals surface area contributed by atoms with Crippen LogP contribution in [0.5, 0.6) is 0 Å². The number of nitrogens with zero attached hydrogens (tertiary/aromatic N) is 3. The summed E-state index contributed by atoms with van der Waals surface area (Å²) in [5.41, 5.74) is 4.18. The Kier molecular flexibility index (Phi) is 4.27. The third kappa shape index (κ3) is 3.02. The third-order valence-corrected chi connectivity index (χ3v) is 7.26. The summed E-state index contributed by atoms with van der Waals surface area (Å²) in [6, 6.07) is 4.68. The van der Waals surface area contributed by atoms with E-state index in [1.165, 1.54) is 6.07 Å². The van der Waals surface area contributed by atoms with Gasteiger partial charge in [0.25, 0.3) is 0 Å². The zero-order valence-corrected chi connectivity index (χ0v) is 16.8. The smallest absolute Gasteiger partial charge is 0.152 e. The molecular formula is C19H19ClFN3O2S. The van der Waals surface area contributed by atoms with Gasteiger partial charge in [-0.3, -0.25) is 0 Å². The molecule has 0 N–H and O–H groups in total. The SMILES string of the molecule is Cc1nn(C2CCS(=O)(=O)C2)c(Cl)c1-c1cc(C)c2c(F)ccc(C)c2n1. The number of sulfone groups is 1. The van der Waals surface area contributed by atoms with E-state index in [9.17, 15) is 12.8 Å². The van der Waals surface area contributed by atoms with Gasteiger partial charge in [-0.25, -0.2) is 22.5 Å². The van der Waals surface area contributed by atoms with Crippen LogP contribution in [0.25, 0.3) is 22.2 Å². The zero-order chi connectivity index (χ0) is 19.5. The van der Waals surface area contributed by atoms with Crippen LogP contribution >= 0.6 is 11.6 Å². The van der Waals surface area contributed by atoms with Crippen molar-refractivity contribution in [2.75, 3.05) is 11.5 Å². The van der Waals surface area contributed by atoms with Crippen LogP contribution < -0.4 is 0 Å². The molecule has 142 valence electrons. The van der Waals surface area contributed by atoms with Gasteiger partial charge < -0.3 is 0 Å². The van der Waals surface area contributed by atoms with E-state index in [4.69, 9.17) is 11.6 Å². The Labute approximate surface area is 162 Å². The topological polar surface area (TPSA) is 64.8 Å². The number of hydrogen-bond acceptors (Lipinski definition) is 4. The molecule has 1 unspecified atom stereocenters. The van der Waals surface area contributed by atoms with E-state index >= 15 is 0 Å². The minimum absolute atomic E-state index is 0.0434. The summed E-state index contributed by atoms with van der Waals surface area (Å²) in [5.74, 6) is -0.114. The molecule has 8 heteroatoms. The van der Waals surface area contributed by atoms with Gasteiger partial charge in [0.2, 0.25) is 0 Å². The first-order chi connectivity index (χ1) is 12.7. The number of aryl methyl sites for hydroxylation is 3. The average Bonchev–Trinajstić information content (AvgIpc) is 3.09. The Morgan fingerprint density at radius 2 is 1.96 bits per heavy atom. The van der Waals surface area contributed by atoms with E-state index < -0.39 is 9.84 Å². The fraction of sp³-hybridized carbons (Fsp3) is 0.368. The molecule has 5 nitrogen and oxygen atoms in total. The van der Waals surface area contributed by atoms with E-state index in [0.29, 0.717) is 39.4 Å². The summed E-state index contributed by atoms with van der Waals surface area (Å²) in [4.78, 5) is 4.66. The Bertz CT molecular complexity index is 1190. The molecule has 27 heavy (non-hydrogen) atoms. The Balaban J connectivity index is 1.89. The van der Waals surface area contributed by atoms with Crippen molar-refractivity contribution in [3.63, 3.8) is 0 Å². The number of benzene rings is 1. The first-order valence-corrected chi connectivity index (χ1v) is 10.9. The summed E-state index contributed by atoms with van der Waals surface area (Å²) >= 11 is 6.60. The molecule has 2 aromatic heterocycles. The number of hydrogen-bond donors (Lipinski definition) is 0. The zero-order valence-electron chi connectivity index (χ0n) is 15.3. The summed E-state index contributed by atoms with van der Waals surface area (Å²) in [6.07, 6.45) is 0.497. The number of aromatic nitrogens is 3. The van der Waals surface area contributed by atoms with E-state index in [1.807, 2.05) is 20.8 Å². The van der Waals surface area contributed by atoms with Crippen LogP contribution in [0.3, 0.4) is 0 Å². The van der Waals surface area contributed by atoms with Crippen molar-refractivity contribution in [3.05, 3.63) is 46.0 Å². The molecular weight excluding hydrogens is 389 g/mol. The third-order valence-electron chi connectivity index (χ3n) is 5.15. The molecule has 1 fully saturated rings. The molecule has 4 rings (SSSR count). The molecule has 1 aromatic carbocycles. The van der Waals surface area contributed by atoms with Crippen LogP contribution in [-0.4, -0.2) is 34.7 Å². The van der Waals surface area contributed by atoms with E-state index in [-0.39, 0.29) is 23.4 Å². The molecule has 3 aromatic rings. The first kappa shape index (κ1) is 18.4. The molecule has 1 atom stereocenters. The molecule has 0 aliphatic carbocycles. The number of rotatable bonds is 2. The summed E-state index contributed by atoms with van der Waals surface area (Å²) in [5, 5.41) is 5.36.